The maximum atomic E-state index is 13.2. The quantitative estimate of drug-likeness (QED) is 0.842. The van der Waals surface area contributed by atoms with Crippen LogP contribution in [0, 0.1) is 11.2 Å². The highest BCUT2D eigenvalue weighted by Gasteiger charge is 2.48. The summed E-state index contributed by atoms with van der Waals surface area (Å²) >= 11 is 0. The van der Waals surface area contributed by atoms with Gasteiger partial charge in [-0.25, -0.2) is 12.8 Å². The van der Waals surface area contributed by atoms with Gasteiger partial charge in [0.25, 0.3) is 0 Å². The Morgan fingerprint density at radius 3 is 2.21 bits per heavy atom. The molecule has 1 aromatic heterocycles. The van der Waals surface area contributed by atoms with E-state index in [9.17, 15) is 12.8 Å². The average molecular weight is 343 g/mol. The maximum absolute atomic E-state index is 13.2. The molecular formula is C19H18FNO2S. The van der Waals surface area contributed by atoms with Crippen molar-refractivity contribution in [3.63, 3.8) is 0 Å². The summed E-state index contributed by atoms with van der Waals surface area (Å²) < 4.78 is 36.4. The van der Waals surface area contributed by atoms with Crippen LogP contribution >= 0.6 is 0 Å². The van der Waals surface area contributed by atoms with Crippen molar-refractivity contribution >= 4 is 21.0 Å². The lowest BCUT2D eigenvalue weighted by Gasteiger charge is -2.08. The molecule has 124 valence electrons. The molecule has 2 aliphatic carbocycles. The number of hydrogen-bond donors (Lipinski definition) is 0. The Kier molecular flexibility index (Phi) is 3.39. The molecule has 0 aliphatic heterocycles. The smallest absolute Gasteiger partial charge is 0.177 e. The highest BCUT2D eigenvalue weighted by atomic mass is 32.2. The molecule has 2 aliphatic rings. The highest BCUT2D eigenvalue weighted by Crippen LogP contribution is 2.63. The minimum absolute atomic E-state index is 0.231. The molecule has 0 N–H and O–H groups in total. The Morgan fingerprint density at radius 1 is 1.00 bits per heavy atom. The van der Waals surface area contributed by atoms with Gasteiger partial charge in [-0.05, 0) is 72.1 Å². The molecule has 0 saturated heterocycles. The predicted molar refractivity (Wildman–Crippen MR) is 91.5 cm³/mol. The molecular weight excluding hydrogens is 325 g/mol. The molecule has 1 fully saturated rings. The third-order valence-electron chi connectivity index (χ3n) is 5.09. The number of rotatable bonds is 3. The zero-order valence-electron chi connectivity index (χ0n) is 13.4. The number of sulfone groups is 1. The molecule has 3 nitrogen and oxygen atoms in total. The Hall–Kier alpha value is -2.01. The van der Waals surface area contributed by atoms with E-state index in [2.05, 4.69) is 4.98 Å². The van der Waals surface area contributed by atoms with Gasteiger partial charge < -0.3 is 0 Å². The topological polar surface area (TPSA) is 47.0 Å². The zero-order chi connectivity index (χ0) is 16.9. The number of benzene rings is 1. The fraction of sp³-hybridized carbons (Fsp3) is 0.316. The van der Waals surface area contributed by atoms with Crippen LogP contribution in [0.2, 0.25) is 0 Å². The van der Waals surface area contributed by atoms with Crippen LogP contribution < -0.4 is 0 Å². The van der Waals surface area contributed by atoms with E-state index in [1.54, 1.807) is 12.1 Å². The molecule has 5 heteroatoms. The van der Waals surface area contributed by atoms with E-state index < -0.39 is 9.84 Å². The molecule has 1 saturated carbocycles. The van der Waals surface area contributed by atoms with Crippen LogP contribution in [-0.4, -0.2) is 19.7 Å². The lowest BCUT2D eigenvalue weighted by Crippen LogP contribution is -1.99. The van der Waals surface area contributed by atoms with E-state index in [4.69, 9.17) is 0 Å². The molecule has 4 rings (SSSR count). The Balaban J connectivity index is 1.77. The minimum Gasteiger partial charge on any atom is -0.255 e. The first-order chi connectivity index (χ1) is 11.4. The first kappa shape index (κ1) is 15.5. The molecule has 1 aromatic carbocycles. The lowest BCUT2D eigenvalue weighted by atomic mass is 9.99. The van der Waals surface area contributed by atoms with Gasteiger partial charge in [0, 0.05) is 12.5 Å². The van der Waals surface area contributed by atoms with E-state index in [1.807, 2.05) is 12.1 Å². The Bertz CT molecular complexity index is 924. The third kappa shape index (κ3) is 2.77. The van der Waals surface area contributed by atoms with Gasteiger partial charge in [-0.15, -0.1) is 0 Å². The van der Waals surface area contributed by atoms with E-state index in [0.717, 1.165) is 24.1 Å². The molecule has 24 heavy (non-hydrogen) atoms. The van der Waals surface area contributed by atoms with Crippen LogP contribution in [0.25, 0.3) is 11.1 Å². The van der Waals surface area contributed by atoms with Gasteiger partial charge >= 0.3 is 0 Å². The second-order valence-electron chi connectivity index (χ2n) is 6.97. The summed E-state index contributed by atoms with van der Waals surface area (Å²) in [5.74, 6) is -0.240. The van der Waals surface area contributed by atoms with Crippen LogP contribution in [0.1, 0.15) is 36.9 Å². The standard InChI is InChI=1S/C19H18FNO2S/c1-24(22,23)15-6-7-18(21-12-15)17-11-19(8-9-19)10-16(17)13-2-4-14(20)5-3-13/h2-7,12H,8-11H2,1H3. The van der Waals surface area contributed by atoms with Crippen molar-refractivity contribution in [2.24, 2.45) is 5.41 Å². The predicted octanol–water partition coefficient (Wildman–Crippen LogP) is 4.11. The van der Waals surface area contributed by atoms with Gasteiger partial charge in [-0.3, -0.25) is 4.98 Å². The lowest BCUT2D eigenvalue weighted by molar-refractivity contribution is 0.567. The first-order valence-electron chi connectivity index (χ1n) is 8.01. The average Bonchev–Trinajstić information content (AvgIpc) is 3.19. The highest BCUT2D eigenvalue weighted by molar-refractivity contribution is 7.90. The number of nitrogens with zero attached hydrogens (tertiary/aromatic N) is 1. The number of pyridine rings is 1. The van der Waals surface area contributed by atoms with Crippen molar-refractivity contribution in [1.29, 1.82) is 0 Å². The fourth-order valence-electron chi connectivity index (χ4n) is 3.51. The van der Waals surface area contributed by atoms with E-state index in [0.29, 0.717) is 5.41 Å². The van der Waals surface area contributed by atoms with Crippen molar-refractivity contribution in [3.8, 4) is 0 Å². The van der Waals surface area contributed by atoms with Crippen LogP contribution in [-0.2, 0) is 9.84 Å². The summed E-state index contributed by atoms with van der Waals surface area (Å²) in [6, 6.07) is 10.0. The summed E-state index contributed by atoms with van der Waals surface area (Å²) in [6.45, 7) is 0. The molecule has 1 heterocycles. The normalized spacial score (nSPS) is 19.1. The fourth-order valence-corrected chi connectivity index (χ4v) is 4.07. The van der Waals surface area contributed by atoms with Crippen LogP contribution in [0.3, 0.4) is 0 Å². The molecule has 0 bridgehead atoms. The summed E-state index contributed by atoms with van der Waals surface area (Å²) in [5, 5.41) is 0. The summed E-state index contributed by atoms with van der Waals surface area (Å²) in [5.41, 5.74) is 4.58. The third-order valence-corrected chi connectivity index (χ3v) is 6.19. The monoisotopic (exact) mass is 343 g/mol. The van der Waals surface area contributed by atoms with Gasteiger partial charge in [-0.1, -0.05) is 12.1 Å². The van der Waals surface area contributed by atoms with Crippen LogP contribution in [0.5, 0.6) is 0 Å². The molecule has 0 unspecified atom stereocenters. The van der Waals surface area contributed by atoms with E-state index >= 15 is 0 Å². The summed E-state index contributed by atoms with van der Waals surface area (Å²) in [6.07, 6.45) is 6.99. The van der Waals surface area contributed by atoms with Gasteiger partial charge in [0.2, 0.25) is 0 Å². The molecule has 2 aromatic rings. The SMILES string of the molecule is CS(=O)(=O)c1ccc(C2=C(c3ccc(F)cc3)CC3(CC3)C2)nc1. The second-order valence-corrected chi connectivity index (χ2v) is 8.98. The number of aromatic nitrogens is 1. The summed E-state index contributed by atoms with van der Waals surface area (Å²) in [7, 11) is -3.24. The first-order valence-corrected chi connectivity index (χ1v) is 9.90. The van der Waals surface area contributed by atoms with Gasteiger partial charge in [0.1, 0.15) is 5.82 Å². The van der Waals surface area contributed by atoms with Crippen molar-refractivity contribution in [3.05, 3.63) is 59.7 Å². The molecule has 1 spiro atoms. The van der Waals surface area contributed by atoms with Gasteiger partial charge in [-0.2, -0.15) is 0 Å². The molecule has 0 atom stereocenters. The van der Waals surface area contributed by atoms with Crippen molar-refractivity contribution in [2.45, 2.75) is 30.6 Å². The maximum Gasteiger partial charge on any atom is 0.177 e. The zero-order valence-corrected chi connectivity index (χ0v) is 14.2. The largest absolute Gasteiger partial charge is 0.255 e. The molecule has 0 amide bonds. The van der Waals surface area contributed by atoms with E-state index in [-0.39, 0.29) is 10.7 Å². The van der Waals surface area contributed by atoms with Crippen LogP contribution in [0.4, 0.5) is 4.39 Å². The number of hydrogen-bond acceptors (Lipinski definition) is 3. The van der Waals surface area contributed by atoms with Crippen molar-refractivity contribution < 1.29 is 12.8 Å². The Labute approximate surface area is 141 Å². The van der Waals surface area contributed by atoms with Crippen LogP contribution in [0.15, 0.2) is 47.5 Å². The minimum atomic E-state index is -3.24. The van der Waals surface area contributed by atoms with Gasteiger partial charge in [0.15, 0.2) is 9.84 Å². The number of halogens is 1. The van der Waals surface area contributed by atoms with Gasteiger partial charge in [0.05, 0.1) is 10.6 Å². The van der Waals surface area contributed by atoms with Crippen molar-refractivity contribution in [1.82, 2.24) is 4.98 Å². The summed E-state index contributed by atoms with van der Waals surface area (Å²) in [4.78, 5) is 4.63. The Morgan fingerprint density at radius 2 is 1.67 bits per heavy atom. The number of allylic oxidation sites excluding steroid dienone is 2. The van der Waals surface area contributed by atoms with Crippen molar-refractivity contribution in [2.75, 3.05) is 6.26 Å². The van der Waals surface area contributed by atoms with E-state index in [1.165, 1.54) is 48.6 Å². The molecule has 0 radical (unpaired) electrons. The second kappa shape index (κ2) is 5.24.